The number of unbranched alkanes of at least 4 members (excludes halogenated alkanes) is 1. The van der Waals surface area contributed by atoms with Crippen molar-refractivity contribution in [3.8, 4) is 6.07 Å². The summed E-state index contributed by atoms with van der Waals surface area (Å²) in [5.41, 5.74) is 2.75. The number of carbonyl (C=O) groups is 1. The summed E-state index contributed by atoms with van der Waals surface area (Å²) in [5, 5.41) is 9.13. The molecule has 0 bridgehead atoms. The summed E-state index contributed by atoms with van der Waals surface area (Å²) in [6.45, 7) is 6.14. The summed E-state index contributed by atoms with van der Waals surface area (Å²) < 4.78 is 5.08. The molecule has 0 atom stereocenters. The van der Waals surface area contributed by atoms with Crippen LogP contribution in [0.2, 0.25) is 0 Å². The number of benzene rings is 1. The highest BCUT2D eigenvalue weighted by Gasteiger charge is 2.15. The fraction of sp³-hybridized carbons (Fsp3) is 0.375. The molecule has 1 rings (SSSR count). The van der Waals surface area contributed by atoms with E-state index in [1.165, 1.54) is 0 Å². The minimum atomic E-state index is -0.533. The van der Waals surface area contributed by atoms with Gasteiger partial charge in [-0.15, -0.1) is 0 Å². The van der Waals surface area contributed by atoms with Crippen LogP contribution in [0.15, 0.2) is 29.8 Å². The van der Waals surface area contributed by atoms with E-state index in [-0.39, 0.29) is 5.57 Å². The van der Waals surface area contributed by atoms with Crippen LogP contribution in [0.1, 0.15) is 37.8 Å². The Bertz CT molecular complexity index is 507. The maximum Gasteiger partial charge on any atom is 0.349 e. The molecule has 0 aliphatic carbocycles. The van der Waals surface area contributed by atoms with E-state index in [1.54, 1.807) is 6.92 Å². The number of ether oxygens (including phenoxy) is 1. The van der Waals surface area contributed by atoms with E-state index in [9.17, 15) is 4.79 Å². The number of rotatable bonds is 5. The number of allylic oxidation sites excluding steroid dienone is 1. The van der Waals surface area contributed by atoms with Crippen molar-refractivity contribution in [1.29, 1.82) is 5.26 Å². The summed E-state index contributed by atoms with van der Waals surface area (Å²) in [4.78, 5) is 11.8. The highest BCUT2D eigenvalue weighted by molar-refractivity contribution is 6.01. The van der Waals surface area contributed by atoms with Crippen LogP contribution in [0.25, 0.3) is 5.57 Å². The van der Waals surface area contributed by atoms with E-state index in [4.69, 9.17) is 10.00 Å². The standard InChI is InChI=1S/C16H19NO2/c1-4-5-10-19-16(18)15(11-17)13(3)14-8-6-12(2)7-9-14/h6-9H,4-5,10H2,1-3H3/b15-13-. The van der Waals surface area contributed by atoms with Crippen molar-refractivity contribution < 1.29 is 9.53 Å². The molecule has 0 amide bonds. The largest absolute Gasteiger partial charge is 0.462 e. The molecule has 1 aromatic carbocycles. The Hall–Kier alpha value is -2.08. The van der Waals surface area contributed by atoms with E-state index < -0.39 is 5.97 Å². The Labute approximate surface area is 114 Å². The molecule has 0 saturated carbocycles. The summed E-state index contributed by atoms with van der Waals surface area (Å²) in [5.74, 6) is -0.533. The summed E-state index contributed by atoms with van der Waals surface area (Å²) in [7, 11) is 0. The number of nitriles is 1. The fourth-order valence-corrected chi connectivity index (χ4v) is 1.61. The molecule has 1 aromatic rings. The first-order valence-electron chi connectivity index (χ1n) is 6.45. The van der Waals surface area contributed by atoms with Crippen LogP contribution in [-0.4, -0.2) is 12.6 Å². The van der Waals surface area contributed by atoms with Gasteiger partial charge in [-0.05, 0) is 31.4 Å². The molecule has 19 heavy (non-hydrogen) atoms. The molecular formula is C16H19NO2. The maximum absolute atomic E-state index is 11.8. The van der Waals surface area contributed by atoms with Crippen molar-refractivity contribution in [2.24, 2.45) is 0 Å². The molecule has 0 radical (unpaired) electrons. The molecule has 0 fully saturated rings. The van der Waals surface area contributed by atoms with E-state index in [1.807, 2.05) is 44.2 Å². The zero-order valence-electron chi connectivity index (χ0n) is 11.7. The van der Waals surface area contributed by atoms with Gasteiger partial charge >= 0.3 is 5.97 Å². The average Bonchev–Trinajstić information content (AvgIpc) is 2.40. The van der Waals surface area contributed by atoms with Gasteiger partial charge in [-0.2, -0.15) is 5.26 Å². The lowest BCUT2D eigenvalue weighted by Crippen LogP contribution is -2.09. The molecule has 0 aliphatic heterocycles. The minimum Gasteiger partial charge on any atom is -0.462 e. The summed E-state index contributed by atoms with van der Waals surface area (Å²) in [6, 6.07) is 9.66. The number of hydrogen-bond donors (Lipinski definition) is 0. The van der Waals surface area contributed by atoms with Gasteiger partial charge in [-0.3, -0.25) is 0 Å². The molecule has 0 aliphatic rings. The molecule has 0 heterocycles. The quantitative estimate of drug-likeness (QED) is 0.350. The topological polar surface area (TPSA) is 50.1 Å². The third kappa shape index (κ3) is 4.26. The van der Waals surface area contributed by atoms with Crippen molar-refractivity contribution >= 4 is 11.5 Å². The Morgan fingerprint density at radius 2 is 1.95 bits per heavy atom. The van der Waals surface area contributed by atoms with Crippen LogP contribution in [0.3, 0.4) is 0 Å². The third-order valence-electron chi connectivity index (χ3n) is 2.91. The molecule has 0 N–H and O–H groups in total. The molecule has 0 spiro atoms. The second-order valence-corrected chi connectivity index (χ2v) is 4.47. The lowest BCUT2D eigenvalue weighted by molar-refractivity contribution is -0.138. The van der Waals surface area contributed by atoms with E-state index in [0.717, 1.165) is 24.0 Å². The predicted molar refractivity (Wildman–Crippen MR) is 75.3 cm³/mol. The number of carbonyl (C=O) groups excluding carboxylic acids is 1. The first-order chi connectivity index (χ1) is 9.10. The van der Waals surface area contributed by atoms with E-state index in [0.29, 0.717) is 12.2 Å². The maximum atomic E-state index is 11.8. The van der Waals surface area contributed by atoms with Crippen LogP contribution in [0.5, 0.6) is 0 Å². The van der Waals surface area contributed by atoms with Gasteiger partial charge in [0, 0.05) is 0 Å². The first-order valence-corrected chi connectivity index (χ1v) is 6.45. The van der Waals surface area contributed by atoms with Gasteiger partial charge < -0.3 is 4.74 Å². The van der Waals surface area contributed by atoms with Gasteiger partial charge in [0.1, 0.15) is 11.6 Å². The van der Waals surface area contributed by atoms with Crippen molar-refractivity contribution in [2.45, 2.75) is 33.6 Å². The van der Waals surface area contributed by atoms with Crippen LogP contribution in [0.4, 0.5) is 0 Å². The summed E-state index contributed by atoms with van der Waals surface area (Å²) >= 11 is 0. The van der Waals surface area contributed by atoms with Gasteiger partial charge in [-0.1, -0.05) is 43.2 Å². The molecule has 0 aromatic heterocycles. The van der Waals surface area contributed by atoms with Gasteiger partial charge in [0.25, 0.3) is 0 Å². The Morgan fingerprint density at radius 3 is 2.47 bits per heavy atom. The highest BCUT2D eigenvalue weighted by atomic mass is 16.5. The number of esters is 1. The fourth-order valence-electron chi connectivity index (χ4n) is 1.61. The van der Waals surface area contributed by atoms with Gasteiger partial charge in [-0.25, -0.2) is 4.79 Å². The molecule has 100 valence electrons. The van der Waals surface area contributed by atoms with Crippen molar-refractivity contribution in [2.75, 3.05) is 6.61 Å². The molecule has 0 saturated heterocycles. The molecule has 0 unspecified atom stereocenters. The lowest BCUT2D eigenvalue weighted by atomic mass is 10.0. The zero-order chi connectivity index (χ0) is 14.3. The van der Waals surface area contributed by atoms with Crippen molar-refractivity contribution in [3.63, 3.8) is 0 Å². The number of aryl methyl sites for hydroxylation is 1. The van der Waals surface area contributed by atoms with Crippen LogP contribution in [-0.2, 0) is 9.53 Å². The Morgan fingerprint density at radius 1 is 1.32 bits per heavy atom. The van der Waals surface area contributed by atoms with Gasteiger partial charge in [0.05, 0.1) is 6.61 Å². The van der Waals surface area contributed by atoms with Gasteiger partial charge in [0.15, 0.2) is 0 Å². The molecule has 3 nitrogen and oxygen atoms in total. The predicted octanol–water partition coefficient (Wildman–Crippen LogP) is 3.64. The Balaban J connectivity index is 2.93. The number of hydrogen-bond acceptors (Lipinski definition) is 3. The van der Waals surface area contributed by atoms with Gasteiger partial charge in [0.2, 0.25) is 0 Å². The Kier molecular flexibility index (Phi) is 5.81. The van der Waals surface area contributed by atoms with Crippen LogP contribution < -0.4 is 0 Å². The molecule has 3 heteroatoms. The van der Waals surface area contributed by atoms with Crippen molar-refractivity contribution in [1.82, 2.24) is 0 Å². The summed E-state index contributed by atoms with van der Waals surface area (Å²) in [6.07, 6.45) is 1.77. The SMILES string of the molecule is CCCCOC(=O)/C(C#N)=C(/C)c1ccc(C)cc1. The highest BCUT2D eigenvalue weighted by Crippen LogP contribution is 2.19. The second-order valence-electron chi connectivity index (χ2n) is 4.47. The minimum absolute atomic E-state index is 0.0833. The smallest absolute Gasteiger partial charge is 0.349 e. The first kappa shape index (κ1) is 15.0. The second kappa shape index (κ2) is 7.38. The normalized spacial score (nSPS) is 11.5. The molecular weight excluding hydrogens is 238 g/mol. The van der Waals surface area contributed by atoms with Crippen LogP contribution in [0, 0.1) is 18.3 Å². The van der Waals surface area contributed by atoms with Crippen LogP contribution >= 0.6 is 0 Å². The average molecular weight is 257 g/mol. The monoisotopic (exact) mass is 257 g/mol. The van der Waals surface area contributed by atoms with E-state index in [2.05, 4.69) is 0 Å². The third-order valence-corrected chi connectivity index (χ3v) is 2.91. The van der Waals surface area contributed by atoms with Crippen molar-refractivity contribution in [3.05, 3.63) is 41.0 Å². The lowest BCUT2D eigenvalue weighted by Gasteiger charge is -2.07. The zero-order valence-corrected chi connectivity index (χ0v) is 11.7. The number of nitrogens with zero attached hydrogens (tertiary/aromatic N) is 1. The van der Waals surface area contributed by atoms with E-state index >= 15 is 0 Å².